The fourth-order valence-corrected chi connectivity index (χ4v) is 6.36. The number of nitrogens with one attached hydrogen (secondary N) is 2. The second kappa shape index (κ2) is 15.5. The topological polar surface area (TPSA) is 163 Å². The molecule has 5 rings (SSSR count). The lowest BCUT2D eigenvalue weighted by Gasteiger charge is -2.30. The van der Waals surface area contributed by atoms with Crippen molar-refractivity contribution in [2.45, 2.75) is 104 Å². The minimum Gasteiger partial charge on any atom is -0.462 e. The van der Waals surface area contributed by atoms with Gasteiger partial charge in [-0.05, 0) is 115 Å². The molecule has 0 saturated heterocycles. The molecule has 276 valence electrons. The van der Waals surface area contributed by atoms with E-state index in [0.717, 1.165) is 21.7 Å². The van der Waals surface area contributed by atoms with E-state index in [9.17, 15) is 19.2 Å². The number of amidine groups is 1. The van der Waals surface area contributed by atoms with Gasteiger partial charge in [-0.3, -0.25) is 4.79 Å². The highest BCUT2D eigenvalue weighted by Crippen LogP contribution is 2.28. The molecule has 1 aliphatic carbocycles. The number of fused-ring (bicyclic) bond motifs is 2. The highest BCUT2D eigenvalue weighted by Gasteiger charge is 2.27. The number of hydrogen-bond acceptors (Lipinski definition) is 7. The van der Waals surface area contributed by atoms with Gasteiger partial charge in [0.15, 0.2) is 0 Å². The normalized spacial score (nSPS) is 16.7. The van der Waals surface area contributed by atoms with Gasteiger partial charge in [-0.25, -0.2) is 14.4 Å². The van der Waals surface area contributed by atoms with Crippen LogP contribution in [0.4, 0.5) is 9.59 Å². The van der Waals surface area contributed by atoms with Gasteiger partial charge >= 0.3 is 18.2 Å². The quantitative estimate of drug-likeness (QED) is 0.0746. The summed E-state index contributed by atoms with van der Waals surface area (Å²) in [5.74, 6) is -0.723. The van der Waals surface area contributed by atoms with Crippen LogP contribution in [0.1, 0.15) is 106 Å². The van der Waals surface area contributed by atoms with Crippen LogP contribution < -0.4 is 16.4 Å². The first kappa shape index (κ1) is 37.9. The Morgan fingerprint density at radius 1 is 0.808 bits per heavy atom. The van der Waals surface area contributed by atoms with Gasteiger partial charge in [-0.1, -0.05) is 36.4 Å². The molecule has 1 fully saturated rings. The van der Waals surface area contributed by atoms with Gasteiger partial charge in [0.05, 0.1) is 12.2 Å². The van der Waals surface area contributed by atoms with Crippen LogP contribution in [0.15, 0.2) is 65.7 Å². The molecule has 12 nitrogen and oxygen atoms in total. The van der Waals surface area contributed by atoms with E-state index in [1.54, 1.807) is 52.0 Å². The molecule has 1 saturated carbocycles. The second-order valence-electron chi connectivity index (χ2n) is 15.1. The van der Waals surface area contributed by atoms with Crippen molar-refractivity contribution in [1.29, 1.82) is 0 Å². The van der Waals surface area contributed by atoms with Crippen molar-refractivity contribution < 1.29 is 33.4 Å². The van der Waals surface area contributed by atoms with Crippen molar-refractivity contribution in [1.82, 2.24) is 15.2 Å². The number of benzene rings is 3. The number of carbonyl (C=O) groups is 4. The lowest BCUT2D eigenvalue weighted by Crippen LogP contribution is -2.45. The van der Waals surface area contributed by atoms with Crippen molar-refractivity contribution in [3.63, 3.8) is 0 Å². The lowest BCUT2D eigenvalue weighted by molar-refractivity contribution is 0.0485. The van der Waals surface area contributed by atoms with E-state index >= 15 is 0 Å². The summed E-state index contributed by atoms with van der Waals surface area (Å²) in [6.45, 7) is 12.9. The molecular formula is C40H49N5O7. The SMILES string of the molecule is CCOC(=O)c1cc(Cn2c(C(=O)NC3CCC(NC(=O)OC(C)(C)C)CC3)cc3ccc(/C(N)=N/C(=O)OC(C)(C)C)cc32)c2ccccc2c1. The third-order valence-corrected chi connectivity index (χ3v) is 8.61. The predicted molar refractivity (Wildman–Crippen MR) is 201 cm³/mol. The molecule has 3 amide bonds. The maximum Gasteiger partial charge on any atom is 0.436 e. The number of ether oxygens (including phenoxy) is 3. The van der Waals surface area contributed by atoms with Crippen LogP contribution in [-0.4, -0.2) is 64.4 Å². The molecule has 4 N–H and O–H groups in total. The number of aliphatic imine (C=N–C) groups is 1. The fraction of sp³-hybridized carbons (Fsp3) is 0.425. The molecule has 52 heavy (non-hydrogen) atoms. The van der Waals surface area contributed by atoms with Crippen LogP contribution in [0.5, 0.6) is 0 Å². The zero-order valence-corrected chi connectivity index (χ0v) is 31.0. The number of esters is 1. The Labute approximate surface area is 304 Å². The average molecular weight is 712 g/mol. The summed E-state index contributed by atoms with van der Waals surface area (Å²) >= 11 is 0. The number of aromatic nitrogens is 1. The highest BCUT2D eigenvalue weighted by molar-refractivity contribution is 6.06. The minimum absolute atomic E-state index is 0.0265. The van der Waals surface area contributed by atoms with E-state index in [-0.39, 0.29) is 37.0 Å². The maximum atomic E-state index is 14.1. The summed E-state index contributed by atoms with van der Waals surface area (Å²) in [5.41, 5.74) is 7.76. The Kier molecular flexibility index (Phi) is 11.3. The summed E-state index contributed by atoms with van der Waals surface area (Å²) in [4.78, 5) is 55.8. The molecule has 0 bridgehead atoms. The molecule has 0 atom stereocenters. The van der Waals surface area contributed by atoms with Gasteiger partial charge in [0.2, 0.25) is 0 Å². The third-order valence-electron chi connectivity index (χ3n) is 8.61. The zero-order chi connectivity index (χ0) is 37.8. The van der Waals surface area contributed by atoms with Crippen molar-refractivity contribution in [2.24, 2.45) is 10.7 Å². The first-order valence-corrected chi connectivity index (χ1v) is 17.7. The van der Waals surface area contributed by atoms with Crippen LogP contribution in [0.2, 0.25) is 0 Å². The Morgan fingerprint density at radius 3 is 2.12 bits per heavy atom. The van der Waals surface area contributed by atoms with Gasteiger partial charge < -0.3 is 35.1 Å². The first-order valence-electron chi connectivity index (χ1n) is 17.7. The van der Waals surface area contributed by atoms with E-state index in [4.69, 9.17) is 19.9 Å². The molecule has 0 unspecified atom stereocenters. The van der Waals surface area contributed by atoms with E-state index in [1.165, 1.54) is 0 Å². The Bertz CT molecular complexity index is 2010. The molecule has 3 aromatic carbocycles. The summed E-state index contributed by atoms with van der Waals surface area (Å²) in [7, 11) is 0. The first-order chi connectivity index (χ1) is 24.5. The number of nitrogens with two attached hydrogens (primary N) is 1. The van der Waals surface area contributed by atoms with Crippen LogP contribution in [-0.2, 0) is 20.8 Å². The molecule has 12 heteroatoms. The van der Waals surface area contributed by atoms with Crippen LogP contribution in [0.3, 0.4) is 0 Å². The maximum absolute atomic E-state index is 14.1. The zero-order valence-electron chi connectivity index (χ0n) is 31.0. The lowest BCUT2D eigenvalue weighted by atomic mass is 9.91. The number of carbonyl (C=O) groups excluding carboxylic acids is 4. The molecular weight excluding hydrogens is 662 g/mol. The van der Waals surface area contributed by atoms with Crippen molar-refractivity contribution in [3.8, 4) is 0 Å². The van der Waals surface area contributed by atoms with E-state index in [1.807, 2.05) is 61.7 Å². The number of amides is 3. The fourth-order valence-electron chi connectivity index (χ4n) is 6.36. The van der Waals surface area contributed by atoms with Crippen LogP contribution >= 0.6 is 0 Å². The van der Waals surface area contributed by atoms with Gasteiger partial charge in [0.1, 0.15) is 22.7 Å². The number of rotatable bonds is 8. The summed E-state index contributed by atoms with van der Waals surface area (Å²) in [6.07, 6.45) is 1.50. The van der Waals surface area contributed by atoms with Crippen LogP contribution in [0, 0.1) is 0 Å². The Hall–Kier alpha value is -5.39. The summed E-state index contributed by atoms with van der Waals surface area (Å²) < 4.78 is 18.0. The smallest absolute Gasteiger partial charge is 0.436 e. The van der Waals surface area contributed by atoms with E-state index in [2.05, 4.69) is 15.6 Å². The summed E-state index contributed by atoms with van der Waals surface area (Å²) in [6, 6.07) is 18.4. The second-order valence-corrected chi connectivity index (χ2v) is 15.1. The average Bonchev–Trinajstić information content (AvgIpc) is 3.41. The standard InChI is InChI=1S/C40H49N5O7/c1-8-50-36(47)27-19-24-11-9-10-12-31(24)28(20-27)23-45-32-22-26(34(41)44-38(49)52-40(5,6)7)14-13-25(32)21-33(45)35(46)42-29-15-17-30(18-16-29)43-37(48)51-39(2,3)4/h9-14,19-22,29-30H,8,15-18,23H2,1-7H3,(H,42,46)(H,43,48)(H2,41,44,49). The summed E-state index contributed by atoms with van der Waals surface area (Å²) in [5, 5.41) is 8.71. The molecule has 0 radical (unpaired) electrons. The van der Waals surface area contributed by atoms with Gasteiger partial charge in [0, 0.05) is 35.1 Å². The van der Waals surface area contributed by atoms with Crippen molar-refractivity contribution in [2.75, 3.05) is 6.61 Å². The third kappa shape index (κ3) is 9.68. The van der Waals surface area contributed by atoms with E-state index in [0.29, 0.717) is 48.0 Å². The monoisotopic (exact) mass is 711 g/mol. The number of hydrogen-bond donors (Lipinski definition) is 3. The molecule has 1 aliphatic rings. The molecule has 1 aromatic heterocycles. The number of alkyl carbamates (subject to hydrolysis) is 1. The molecule has 4 aromatic rings. The van der Waals surface area contributed by atoms with Crippen molar-refractivity contribution in [3.05, 3.63) is 83.0 Å². The molecule has 0 aliphatic heterocycles. The largest absolute Gasteiger partial charge is 0.462 e. The Morgan fingerprint density at radius 2 is 1.46 bits per heavy atom. The van der Waals surface area contributed by atoms with Gasteiger partial charge in [-0.2, -0.15) is 4.99 Å². The minimum atomic E-state index is -0.807. The van der Waals surface area contributed by atoms with Gasteiger partial charge in [0.25, 0.3) is 5.91 Å². The van der Waals surface area contributed by atoms with Crippen LogP contribution in [0.25, 0.3) is 21.7 Å². The van der Waals surface area contributed by atoms with E-state index < -0.39 is 29.4 Å². The highest BCUT2D eigenvalue weighted by atomic mass is 16.6. The molecule has 0 spiro atoms. The number of nitrogens with zero attached hydrogens (tertiary/aromatic N) is 2. The van der Waals surface area contributed by atoms with Crippen molar-refractivity contribution >= 4 is 51.6 Å². The Balaban J connectivity index is 1.49. The predicted octanol–water partition coefficient (Wildman–Crippen LogP) is 7.23. The van der Waals surface area contributed by atoms with Gasteiger partial charge in [-0.15, -0.1) is 0 Å². The molecule has 1 heterocycles.